The molecule has 4 nitrogen and oxygen atoms in total. The van der Waals surface area contributed by atoms with Crippen molar-refractivity contribution in [3.8, 4) is 0 Å². The van der Waals surface area contributed by atoms with Gasteiger partial charge in [0.15, 0.2) is 0 Å². The Balaban J connectivity index is 2.70. The van der Waals surface area contributed by atoms with Crippen molar-refractivity contribution in [2.75, 3.05) is 5.32 Å². The molecule has 0 bridgehead atoms. The number of hydrogen-bond acceptors (Lipinski definition) is 3. The van der Waals surface area contributed by atoms with Crippen molar-refractivity contribution in [3.63, 3.8) is 0 Å². The van der Waals surface area contributed by atoms with Crippen molar-refractivity contribution in [3.05, 3.63) is 29.8 Å². The number of rotatable bonds is 3. The summed E-state index contributed by atoms with van der Waals surface area (Å²) >= 11 is 5.64. The predicted molar refractivity (Wildman–Crippen MR) is 69.7 cm³/mol. The number of hydrogen-bond donors (Lipinski definition) is 1. The van der Waals surface area contributed by atoms with Gasteiger partial charge in [-0.15, -0.1) is 0 Å². The van der Waals surface area contributed by atoms with Crippen LogP contribution in [-0.2, 0) is 11.0 Å². The topological polar surface area (TPSA) is 50.7 Å². The first kappa shape index (κ1) is 16.3. The Kier molecular flexibility index (Phi) is 5.38. The number of carbonyl (C=O) groups is 1. The highest BCUT2D eigenvalue weighted by Gasteiger charge is 2.30. The van der Waals surface area contributed by atoms with Gasteiger partial charge in [0, 0.05) is 11.6 Å². The van der Waals surface area contributed by atoms with Gasteiger partial charge in [-0.3, -0.25) is 10.2 Å². The fourth-order valence-electron chi connectivity index (χ4n) is 1.10. The number of halogens is 4. The van der Waals surface area contributed by atoms with Crippen LogP contribution in [0, 0.1) is 5.92 Å². The van der Waals surface area contributed by atoms with Crippen molar-refractivity contribution in [2.45, 2.75) is 20.0 Å². The number of oxime groups is 1. The van der Waals surface area contributed by atoms with Crippen LogP contribution in [0.4, 0.5) is 23.7 Å². The average molecular weight is 309 g/mol. The van der Waals surface area contributed by atoms with Crippen LogP contribution in [0.15, 0.2) is 29.4 Å². The van der Waals surface area contributed by atoms with E-state index in [-0.39, 0.29) is 16.8 Å². The minimum atomic E-state index is -4.49. The highest BCUT2D eigenvalue weighted by Crippen LogP contribution is 2.30. The molecule has 1 rings (SSSR count). The number of alkyl halides is 3. The zero-order chi connectivity index (χ0) is 15.3. The second-order valence-corrected chi connectivity index (χ2v) is 4.54. The van der Waals surface area contributed by atoms with Crippen LogP contribution in [0.25, 0.3) is 0 Å². The normalized spacial score (nSPS) is 12.4. The molecule has 0 saturated carbocycles. The average Bonchev–Trinajstić information content (AvgIpc) is 2.35. The molecule has 8 heteroatoms. The summed E-state index contributed by atoms with van der Waals surface area (Å²) in [5.41, 5.74) is -0.931. The second-order valence-electron chi connectivity index (χ2n) is 4.15. The molecule has 110 valence electrons. The van der Waals surface area contributed by atoms with Crippen molar-refractivity contribution in [2.24, 2.45) is 11.1 Å². The number of nitrogens with one attached hydrogen (secondary N) is 1. The Morgan fingerprint density at radius 1 is 1.40 bits per heavy atom. The SMILES string of the molecule is CC(C)/C(Cl)=N/OC(=O)Nc1cccc(C(F)(F)F)c1. The second kappa shape index (κ2) is 6.60. The fourth-order valence-corrected chi connectivity index (χ4v) is 1.14. The molecule has 0 radical (unpaired) electrons. The molecule has 20 heavy (non-hydrogen) atoms. The van der Waals surface area contributed by atoms with Crippen LogP contribution in [0.2, 0.25) is 0 Å². The van der Waals surface area contributed by atoms with E-state index in [4.69, 9.17) is 11.6 Å². The summed E-state index contributed by atoms with van der Waals surface area (Å²) in [5.74, 6) is -0.127. The number of amides is 1. The van der Waals surface area contributed by atoms with Crippen molar-refractivity contribution in [1.29, 1.82) is 0 Å². The minimum absolute atomic E-state index is 0.0549. The van der Waals surface area contributed by atoms with Gasteiger partial charge in [-0.2, -0.15) is 13.2 Å². The third-order valence-corrected chi connectivity index (χ3v) is 2.63. The third kappa shape index (κ3) is 5.08. The first-order valence-electron chi connectivity index (χ1n) is 5.59. The van der Waals surface area contributed by atoms with Crippen molar-refractivity contribution < 1.29 is 22.8 Å². The van der Waals surface area contributed by atoms with Gasteiger partial charge in [0.05, 0.1) is 5.56 Å². The van der Waals surface area contributed by atoms with E-state index < -0.39 is 17.8 Å². The summed E-state index contributed by atoms with van der Waals surface area (Å²) in [7, 11) is 0. The largest absolute Gasteiger partial charge is 0.437 e. The number of nitrogens with zero attached hydrogens (tertiary/aromatic N) is 1. The highest BCUT2D eigenvalue weighted by molar-refractivity contribution is 6.65. The Morgan fingerprint density at radius 3 is 2.60 bits per heavy atom. The quantitative estimate of drug-likeness (QED) is 0.509. The van der Waals surface area contributed by atoms with Gasteiger partial charge in [0.1, 0.15) is 5.17 Å². The maximum absolute atomic E-state index is 12.5. The molecular formula is C12H12ClF3N2O2. The maximum atomic E-state index is 12.5. The molecule has 1 N–H and O–H groups in total. The summed E-state index contributed by atoms with van der Waals surface area (Å²) in [6.07, 6.45) is -5.51. The number of benzene rings is 1. The highest BCUT2D eigenvalue weighted by atomic mass is 35.5. The van der Waals surface area contributed by atoms with Crippen LogP contribution >= 0.6 is 11.6 Å². The number of anilines is 1. The molecule has 0 aromatic heterocycles. The van der Waals surface area contributed by atoms with Gasteiger partial charge in [-0.25, -0.2) is 4.79 Å². The van der Waals surface area contributed by atoms with E-state index in [9.17, 15) is 18.0 Å². The van der Waals surface area contributed by atoms with E-state index in [0.29, 0.717) is 0 Å². The van der Waals surface area contributed by atoms with Gasteiger partial charge < -0.3 is 0 Å². The molecule has 0 atom stereocenters. The first-order valence-corrected chi connectivity index (χ1v) is 5.96. The lowest BCUT2D eigenvalue weighted by Gasteiger charge is -2.09. The molecule has 0 heterocycles. The molecule has 0 aliphatic carbocycles. The van der Waals surface area contributed by atoms with Crippen LogP contribution in [0.3, 0.4) is 0 Å². The third-order valence-electron chi connectivity index (χ3n) is 2.13. The van der Waals surface area contributed by atoms with Crippen LogP contribution in [0.5, 0.6) is 0 Å². The molecule has 0 aliphatic rings. The molecule has 0 unspecified atom stereocenters. The molecule has 0 aliphatic heterocycles. The first-order chi connectivity index (χ1) is 9.20. The summed E-state index contributed by atoms with van der Waals surface area (Å²) in [6.45, 7) is 3.47. The molecule has 1 aromatic carbocycles. The maximum Gasteiger partial charge on any atom is 0.437 e. The lowest BCUT2D eigenvalue weighted by molar-refractivity contribution is -0.137. The molecule has 1 amide bonds. The molecule has 0 spiro atoms. The van der Waals surface area contributed by atoms with Gasteiger partial charge >= 0.3 is 12.3 Å². The van der Waals surface area contributed by atoms with E-state index in [0.717, 1.165) is 12.1 Å². The fraction of sp³-hybridized carbons (Fsp3) is 0.333. The Hall–Kier alpha value is -1.76. The Labute approximate surface area is 118 Å². The minimum Gasteiger partial charge on any atom is -0.297 e. The van der Waals surface area contributed by atoms with Crippen LogP contribution in [0.1, 0.15) is 19.4 Å². The van der Waals surface area contributed by atoms with Gasteiger partial charge in [0.2, 0.25) is 0 Å². The molecule has 0 saturated heterocycles. The summed E-state index contributed by atoms with van der Waals surface area (Å²) in [4.78, 5) is 15.7. The van der Waals surface area contributed by atoms with E-state index in [1.54, 1.807) is 13.8 Å². The number of carbonyl (C=O) groups excluding carboxylic acids is 1. The standard InChI is InChI=1S/C12H12ClF3N2O2/c1-7(2)10(13)18-20-11(19)17-9-5-3-4-8(6-9)12(14,15)16/h3-7H,1-2H3,(H,17,19)/b18-10-. The van der Waals surface area contributed by atoms with Crippen molar-refractivity contribution in [1.82, 2.24) is 0 Å². The molecular weight excluding hydrogens is 297 g/mol. The van der Waals surface area contributed by atoms with Gasteiger partial charge in [-0.1, -0.05) is 36.7 Å². The van der Waals surface area contributed by atoms with Crippen LogP contribution < -0.4 is 5.32 Å². The van der Waals surface area contributed by atoms with E-state index in [1.165, 1.54) is 12.1 Å². The Morgan fingerprint density at radius 2 is 2.05 bits per heavy atom. The lowest BCUT2D eigenvalue weighted by atomic mass is 10.2. The summed E-state index contributed by atoms with van der Waals surface area (Å²) < 4.78 is 37.4. The van der Waals surface area contributed by atoms with Crippen molar-refractivity contribution >= 4 is 28.6 Å². The van der Waals surface area contributed by atoms with E-state index >= 15 is 0 Å². The Bertz CT molecular complexity index is 516. The van der Waals surface area contributed by atoms with Gasteiger partial charge in [0.25, 0.3) is 0 Å². The smallest absolute Gasteiger partial charge is 0.297 e. The van der Waals surface area contributed by atoms with E-state index in [2.05, 4.69) is 15.3 Å². The predicted octanol–water partition coefficient (Wildman–Crippen LogP) is 4.46. The summed E-state index contributed by atoms with van der Waals surface area (Å²) in [5, 5.41) is 5.53. The van der Waals surface area contributed by atoms with Gasteiger partial charge in [-0.05, 0) is 18.2 Å². The monoisotopic (exact) mass is 308 g/mol. The molecule has 1 aromatic rings. The van der Waals surface area contributed by atoms with E-state index in [1.807, 2.05) is 0 Å². The molecule has 0 fully saturated rings. The summed E-state index contributed by atoms with van der Waals surface area (Å²) in [6, 6.07) is 4.15. The zero-order valence-corrected chi connectivity index (χ0v) is 11.4. The zero-order valence-electron chi connectivity index (χ0n) is 10.7. The van der Waals surface area contributed by atoms with Crippen LogP contribution in [-0.4, -0.2) is 11.3 Å². The lowest BCUT2D eigenvalue weighted by Crippen LogP contribution is -2.13.